The first-order valence-corrected chi connectivity index (χ1v) is 9.84. The first-order chi connectivity index (χ1) is 13.3. The minimum Gasteiger partial charge on any atom is -0.383 e. The summed E-state index contributed by atoms with van der Waals surface area (Å²) in [6.45, 7) is 0.965. The Morgan fingerprint density at radius 2 is 1.70 bits per heavy atom. The third kappa shape index (κ3) is 3.61. The highest BCUT2D eigenvalue weighted by Crippen LogP contribution is 2.26. The molecule has 0 radical (unpaired) electrons. The van der Waals surface area contributed by atoms with E-state index in [0.717, 1.165) is 16.4 Å². The molecule has 27 heavy (non-hydrogen) atoms. The fourth-order valence-corrected chi connectivity index (χ4v) is 4.23. The molecule has 0 spiro atoms. The van der Waals surface area contributed by atoms with Crippen molar-refractivity contribution < 1.29 is 4.74 Å². The van der Waals surface area contributed by atoms with Crippen LogP contribution in [0, 0.1) is 0 Å². The number of nitrogens with zero attached hydrogens (tertiary/aromatic N) is 2. The molecule has 0 aliphatic rings. The van der Waals surface area contributed by atoms with E-state index in [1.165, 1.54) is 16.3 Å². The highest BCUT2D eigenvalue weighted by molar-refractivity contribution is 7.98. The summed E-state index contributed by atoms with van der Waals surface area (Å²) in [6.07, 6.45) is 0. The molecule has 1 heterocycles. The summed E-state index contributed by atoms with van der Waals surface area (Å²) < 4.78 is 6.92. The van der Waals surface area contributed by atoms with Gasteiger partial charge >= 0.3 is 0 Å². The predicted molar refractivity (Wildman–Crippen MR) is 111 cm³/mol. The molecule has 4 nitrogen and oxygen atoms in total. The third-order valence-corrected chi connectivity index (χ3v) is 5.61. The normalized spacial score (nSPS) is 11.3. The Morgan fingerprint density at radius 1 is 0.963 bits per heavy atom. The molecule has 3 aromatic carbocycles. The van der Waals surface area contributed by atoms with Crippen LogP contribution >= 0.6 is 11.8 Å². The van der Waals surface area contributed by atoms with Crippen molar-refractivity contribution in [3.05, 3.63) is 82.6 Å². The standard InChI is InChI=1S/C22H20N2O2S/c1-26-14-13-24-21(25)19-11-4-5-12-20(19)23-22(24)27-15-17-9-6-8-16-7-2-3-10-18(16)17/h2-12H,13-15H2,1H3. The van der Waals surface area contributed by atoms with Gasteiger partial charge in [0.25, 0.3) is 5.56 Å². The van der Waals surface area contributed by atoms with Crippen molar-refractivity contribution in [2.45, 2.75) is 17.5 Å². The van der Waals surface area contributed by atoms with Crippen molar-refractivity contribution in [1.82, 2.24) is 9.55 Å². The highest BCUT2D eigenvalue weighted by atomic mass is 32.2. The molecule has 0 fully saturated rings. The Morgan fingerprint density at radius 3 is 2.56 bits per heavy atom. The molecule has 0 N–H and O–H groups in total. The number of fused-ring (bicyclic) bond motifs is 2. The number of ether oxygens (including phenoxy) is 1. The minimum atomic E-state index is -0.0157. The SMILES string of the molecule is COCCn1c(SCc2cccc3ccccc23)nc2ccccc2c1=O. The molecule has 0 atom stereocenters. The van der Waals surface area contributed by atoms with Gasteiger partial charge in [0.1, 0.15) is 0 Å². The second kappa shape index (κ2) is 7.94. The first kappa shape index (κ1) is 17.8. The fourth-order valence-electron chi connectivity index (χ4n) is 3.20. The van der Waals surface area contributed by atoms with E-state index >= 15 is 0 Å². The topological polar surface area (TPSA) is 44.1 Å². The second-order valence-electron chi connectivity index (χ2n) is 6.29. The van der Waals surface area contributed by atoms with Gasteiger partial charge in [0, 0.05) is 12.9 Å². The zero-order valence-corrected chi connectivity index (χ0v) is 15.9. The lowest BCUT2D eigenvalue weighted by atomic mass is 10.1. The van der Waals surface area contributed by atoms with Crippen LogP contribution in [0.5, 0.6) is 0 Å². The third-order valence-electron chi connectivity index (χ3n) is 4.58. The number of para-hydroxylation sites is 1. The number of methoxy groups -OCH3 is 1. The van der Waals surface area contributed by atoms with Crippen molar-refractivity contribution in [3.63, 3.8) is 0 Å². The van der Waals surface area contributed by atoms with Crippen LogP contribution in [0.1, 0.15) is 5.56 Å². The maximum absolute atomic E-state index is 12.9. The molecule has 0 saturated heterocycles. The van der Waals surface area contributed by atoms with Crippen LogP contribution in [0.3, 0.4) is 0 Å². The molecule has 0 bridgehead atoms. The molecule has 0 aliphatic carbocycles. The Bertz CT molecular complexity index is 1150. The van der Waals surface area contributed by atoms with E-state index < -0.39 is 0 Å². The molecule has 0 aliphatic heterocycles. The lowest BCUT2D eigenvalue weighted by molar-refractivity contribution is 0.183. The van der Waals surface area contributed by atoms with Crippen LogP contribution in [0.25, 0.3) is 21.7 Å². The Hall–Kier alpha value is -2.63. The number of hydrogen-bond donors (Lipinski definition) is 0. The lowest BCUT2D eigenvalue weighted by Gasteiger charge is -2.13. The van der Waals surface area contributed by atoms with Gasteiger partial charge in [-0.25, -0.2) is 4.98 Å². The van der Waals surface area contributed by atoms with Crippen LogP contribution in [0.2, 0.25) is 0 Å². The average molecular weight is 376 g/mol. The largest absolute Gasteiger partial charge is 0.383 e. The number of thioether (sulfide) groups is 1. The van der Waals surface area contributed by atoms with Crippen LogP contribution in [0.4, 0.5) is 0 Å². The van der Waals surface area contributed by atoms with Gasteiger partial charge in [0.2, 0.25) is 0 Å². The van der Waals surface area contributed by atoms with Gasteiger partial charge in [-0.05, 0) is 28.5 Å². The van der Waals surface area contributed by atoms with Crippen LogP contribution in [0.15, 0.2) is 76.7 Å². The minimum absolute atomic E-state index is 0.0157. The molecule has 1 aromatic heterocycles. The molecule has 5 heteroatoms. The number of aromatic nitrogens is 2. The van der Waals surface area contributed by atoms with Gasteiger partial charge in [0.05, 0.1) is 24.1 Å². The van der Waals surface area contributed by atoms with Gasteiger partial charge in [0.15, 0.2) is 5.16 Å². The number of rotatable bonds is 6. The van der Waals surface area contributed by atoms with Crippen molar-refractivity contribution in [2.75, 3.05) is 13.7 Å². The van der Waals surface area contributed by atoms with Crippen LogP contribution in [-0.2, 0) is 17.0 Å². The van der Waals surface area contributed by atoms with E-state index in [1.807, 2.05) is 30.3 Å². The van der Waals surface area contributed by atoms with E-state index in [0.29, 0.717) is 18.5 Å². The molecular weight excluding hydrogens is 356 g/mol. The van der Waals surface area contributed by atoms with Gasteiger partial charge in [-0.3, -0.25) is 9.36 Å². The van der Waals surface area contributed by atoms with Crippen LogP contribution < -0.4 is 5.56 Å². The smallest absolute Gasteiger partial charge is 0.262 e. The van der Waals surface area contributed by atoms with Gasteiger partial charge < -0.3 is 4.74 Å². The van der Waals surface area contributed by atoms with E-state index in [-0.39, 0.29) is 5.56 Å². The number of benzene rings is 3. The van der Waals surface area contributed by atoms with Gasteiger partial charge in [-0.1, -0.05) is 66.4 Å². The Balaban J connectivity index is 1.73. The molecular formula is C22H20N2O2S. The van der Waals surface area contributed by atoms with E-state index in [9.17, 15) is 4.79 Å². The lowest BCUT2D eigenvalue weighted by Crippen LogP contribution is -2.25. The summed E-state index contributed by atoms with van der Waals surface area (Å²) in [4.78, 5) is 17.7. The second-order valence-corrected chi connectivity index (χ2v) is 7.23. The highest BCUT2D eigenvalue weighted by Gasteiger charge is 2.12. The zero-order chi connectivity index (χ0) is 18.6. The van der Waals surface area contributed by atoms with Gasteiger partial charge in [-0.2, -0.15) is 0 Å². The summed E-state index contributed by atoms with van der Waals surface area (Å²) in [5, 5.41) is 3.82. The fraction of sp³-hybridized carbons (Fsp3) is 0.182. The zero-order valence-electron chi connectivity index (χ0n) is 15.1. The van der Waals surface area contributed by atoms with Crippen molar-refractivity contribution in [3.8, 4) is 0 Å². The van der Waals surface area contributed by atoms with Crippen molar-refractivity contribution in [2.24, 2.45) is 0 Å². The van der Waals surface area contributed by atoms with E-state index in [2.05, 4.69) is 36.4 Å². The molecule has 4 rings (SSSR count). The molecule has 0 amide bonds. The quantitative estimate of drug-likeness (QED) is 0.367. The summed E-state index contributed by atoms with van der Waals surface area (Å²) in [7, 11) is 1.64. The predicted octanol–water partition coefficient (Wildman–Crippen LogP) is 4.49. The molecule has 0 unspecified atom stereocenters. The summed E-state index contributed by atoms with van der Waals surface area (Å²) in [6, 6.07) is 22.2. The molecule has 4 aromatic rings. The average Bonchev–Trinajstić information content (AvgIpc) is 2.72. The summed E-state index contributed by atoms with van der Waals surface area (Å²) >= 11 is 1.59. The maximum atomic E-state index is 12.9. The molecule has 136 valence electrons. The van der Waals surface area contributed by atoms with Crippen LogP contribution in [-0.4, -0.2) is 23.3 Å². The maximum Gasteiger partial charge on any atom is 0.262 e. The summed E-state index contributed by atoms with van der Waals surface area (Å²) in [5.41, 5.74) is 1.95. The summed E-state index contributed by atoms with van der Waals surface area (Å²) in [5.74, 6) is 0.749. The monoisotopic (exact) mass is 376 g/mol. The first-order valence-electron chi connectivity index (χ1n) is 8.86. The van der Waals surface area contributed by atoms with E-state index in [1.54, 1.807) is 23.4 Å². The van der Waals surface area contributed by atoms with Crippen molar-refractivity contribution >= 4 is 33.4 Å². The van der Waals surface area contributed by atoms with Gasteiger partial charge in [-0.15, -0.1) is 0 Å². The Labute approximate surface area is 161 Å². The Kier molecular flexibility index (Phi) is 5.23. The number of hydrogen-bond acceptors (Lipinski definition) is 4. The van der Waals surface area contributed by atoms with Crippen molar-refractivity contribution in [1.29, 1.82) is 0 Å². The van der Waals surface area contributed by atoms with E-state index in [4.69, 9.17) is 9.72 Å². The molecule has 0 saturated carbocycles.